The van der Waals surface area contributed by atoms with Crippen LogP contribution in [0.25, 0.3) is 0 Å². The highest BCUT2D eigenvalue weighted by molar-refractivity contribution is 5.93. The number of ether oxygens (including phenoxy) is 2. The van der Waals surface area contributed by atoms with E-state index in [1.807, 2.05) is 42.5 Å². The zero-order chi connectivity index (χ0) is 22.3. The highest BCUT2D eigenvalue weighted by Crippen LogP contribution is 2.27. The number of rotatable bonds is 7. The van der Waals surface area contributed by atoms with E-state index >= 15 is 0 Å². The Kier molecular flexibility index (Phi) is 8.04. The first-order valence-electron chi connectivity index (χ1n) is 10.3. The fraction of sp³-hybridized carbons (Fsp3) is 0.440. The number of carbonyl (C=O) groups is 2. The number of amides is 2. The molecule has 2 aromatic carbocycles. The number of hydrogen-bond donors (Lipinski definition) is 0. The Labute approximate surface area is 180 Å². The molecule has 5 heteroatoms. The van der Waals surface area contributed by atoms with Crippen LogP contribution in [-0.2, 0) is 16.0 Å². The van der Waals surface area contributed by atoms with E-state index in [-0.39, 0.29) is 24.3 Å². The fourth-order valence-electron chi connectivity index (χ4n) is 3.19. The molecule has 0 unspecified atom stereocenters. The van der Waals surface area contributed by atoms with Crippen molar-refractivity contribution in [3.8, 4) is 5.75 Å². The van der Waals surface area contributed by atoms with Gasteiger partial charge in [0.25, 0.3) is 0 Å². The highest BCUT2D eigenvalue weighted by Gasteiger charge is 2.31. The van der Waals surface area contributed by atoms with Crippen LogP contribution in [0.2, 0.25) is 0 Å². The third kappa shape index (κ3) is 6.90. The van der Waals surface area contributed by atoms with Crippen LogP contribution in [0.4, 0.5) is 4.79 Å². The molecule has 0 saturated heterocycles. The van der Waals surface area contributed by atoms with Crippen LogP contribution in [0, 0.1) is 5.92 Å². The minimum absolute atomic E-state index is 0.0993. The molecule has 0 N–H and O–H groups in total. The van der Waals surface area contributed by atoms with E-state index in [1.165, 1.54) is 4.90 Å². The molecule has 0 spiro atoms. The lowest BCUT2D eigenvalue weighted by molar-refractivity contribution is -0.133. The molecule has 0 aliphatic heterocycles. The van der Waals surface area contributed by atoms with Gasteiger partial charge in [-0.05, 0) is 50.5 Å². The Morgan fingerprint density at radius 2 is 1.67 bits per heavy atom. The molecular formula is C25H33NO4. The maximum atomic E-state index is 12.9. The van der Waals surface area contributed by atoms with Crippen LogP contribution in [-0.4, -0.2) is 36.2 Å². The average Bonchev–Trinajstić information content (AvgIpc) is 2.69. The van der Waals surface area contributed by atoms with Gasteiger partial charge in [0.05, 0.1) is 7.11 Å². The first-order chi connectivity index (χ1) is 14.1. The van der Waals surface area contributed by atoms with E-state index in [0.29, 0.717) is 6.42 Å². The van der Waals surface area contributed by atoms with Crippen molar-refractivity contribution in [3.05, 3.63) is 65.7 Å². The van der Waals surface area contributed by atoms with Crippen molar-refractivity contribution >= 4 is 12.0 Å². The normalized spacial score (nSPS) is 12.4. The number of methoxy groups -OCH3 is 1. The molecule has 1 atom stereocenters. The van der Waals surface area contributed by atoms with Gasteiger partial charge in [0.2, 0.25) is 5.91 Å². The molecule has 2 rings (SSSR count). The van der Waals surface area contributed by atoms with Crippen molar-refractivity contribution in [2.24, 2.45) is 5.92 Å². The summed E-state index contributed by atoms with van der Waals surface area (Å²) >= 11 is 0. The molecule has 0 heterocycles. The Balaban J connectivity index is 2.40. The highest BCUT2D eigenvalue weighted by atomic mass is 16.6. The van der Waals surface area contributed by atoms with Gasteiger partial charge in [-0.15, -0.1) is 0 Å². The summed E-state index contributed by atoms with van der Waals surface area (Å²) in [5, 5.41) is 0. The van der Waals surface area contributed by atoms with Gasteiger partial charge in [0.15, 0.2) is 0 Å². The second-order valence-corrected chi connectivity index (χ2v) is 8.75. The summed E-state index contributed by atoms with van der Waals surface area (Å²) in [5.41, 5.74) is 1.45. The van der Waals surface area contributed by atoms with Gasteiger partial charge in [-0.1, -0.05) is 56.3 Å². The number of benzene rings is 2. The number of imide groups is 1. The van der Waals surface area contributed by atoms with Crippen molar-refractivity contribution in [1.82, 2.24) is 4.90 Å². The predicted molar refractivity (Wildman–Crippen MR) is 119 cm³/mol. The van der Waals surface area contributed by atoms with Crippen LogP contribution in [0.5, 0.6) is 5.75 Å². The molecule has 162 valence electrons. The van der Waals surface area contributed by atoms with E-state index in [0.717, 1.165) is 16.9 Å². The van der Waals surface area contributed by atoms with Gasteiger partial charge >= 0.3 is 6.09 Å². The van der Waals surface area contributed by atoms with Crippen LogP contribution in [0.1, 0.15) is 51.7 Å². The topological polar surface area (TPSA) is 55.8 Å². The summed E-state index contributed by atoms with van der Waals surface area (Å²) in [7, 11) is 1.63. The van der Waals surface area contributed by atoms with E-state index in [2.05, 4.69) is 12.1 Å². The maximum Gasteiger partial charge on any atom is 0.417 e. The van der Waals surface area contributed by atoms with Crippen LogP contribution < -0.4 is 4.74 Å². The largest absolute Gasteiger partial charge is 0.497 e. The van der Waals surface area contributed by atoms with Gasteiger partial charge in [-0.2, -0.15) is 0 Å². The molecule has 0 aromatic heterocycles. The molecule has 0 aliphatic rings. The fourth-order valence-corrected chi connectivity index (χ4v) is 3.19. The lowest BCUT2D eigenvalue weighted by atomic mass is 9.91. The third-order valence-electron chi connectivity index (χ3n) is 4.67. The monoisotopic (exact) mass is 411 g/mol. The van der Waals surface area contributed by atoms with Gasteiger partial charge in [0, 0.05) is 18.4 Å². The van der Waals surface area contributed by atoms with Crippen molar-refractivity contribution < 1.29 is 19.1 Å². The van der Waals surface area contributed by atoms with E-state index in [9.17, 15) is 9.59 Å². The second kappa shape index (κ2) is 10.3. The Bertz CT molecular complexity index is 840. The van der Waals surface area contributed by atoms with Crippen molar-refractivity contribution in [2.75, 3.05) is 13.7 Å². The SMILES string of the molecule is COc1cccc([C@H](Cc2ccccc2)CN(C(=O)OC(C)(C)C)C(=O)C(C)C)c1. The molecule has 0 saturated carbocycles. The smallest absolute Gasteiger partial charge is 0.417 e. The van der Waals surface area contributed by atoms with Gasteiger partial charge in [-0.3, -0.25) is 4.79 Å². The number of nitrogens with zero attached hydrogens (tertiary/aromatic N) is 1. The van der Waals surface area contributed by atoms with Crippen LogP contribution in [0.3, 0.4) is 0 Å². The first-order valence-corrected chi connectivity index (χ1v) is 10.3. The summed E-state index contributed by atoms with van der Waals surface area (Å²) in [6, 6.07) is 17.8. The average molecular weight is 412 g/mol. The first kappa shape index (κ1) is 23.5. The minimum atomic E-state index is -0.683. The molecule has 0 aliphatic carbocycles. The molecular weight excluding hydrogens is 378 g/mol. The van der Waals surface area contributed by atoms with Crippen LogP contribution >= 0.6 is 0 Å². The van der Waals surface area contributed by atoms with Crippen molar-refractivity contribution in [3.63, 3.8) is 0 Å². The van der Waals surface area contributed by atoms with Gasteiger partial charge in [0.1, 0.15) is 11.4 Å². The summed E-state index contributed by atoms with van der Waals surface area (Å²) in [6.07, 6.45) is 0.0701. The summed E-state index contributed by atoms with van der Waals surface area (Å²) < 4.78 is 10.9. The molecule has 0 bridgehead atoms. The maximum absolute atomic E-state index is 12.9. The summed E-state index contributed by atoms with van der Waals surface area (Å²) in [6.45, 7) is 9.20. The lowest BCUT2D eigenvalue weighted by Crippen LogP contribution is -2.45. The minimum Gasteiger partial charge on any atom is -0.497 e. The van der Waals surface area contributed by atoms with E-state index < -0.39 is 11.7 Å². The molecule has 30 heavy (non-hydrogen) atoms. The van der Waals surface area contributed by atoms with Gasteiger partial charge < -0.3 is 9.47 Å². The molecule has 0 fully saturated rings. The zero-order valence-electron chi connectivity index (χ0n) is 18.8. The van der Waals surface area contributed by atoms with Gasteiger partial charge in [-0.25, -0.2) is 9.69 Å². The molecule has 2 aromatic rings. The van der Waals surface area contributed by atoms with Crippen molar-refractivity contribution in [1.29, 1.82) is 0 Å². The van der Waals surface area contributed by atoms with Crippen LogP contribution in [0.15, 0.2) is 54.6 Å². The quantitative estimate of drug-likeness (QED) is 0.609. The Morgan fingerprint density at radius 3 is 2.23 bits per heavy atom. The van der Waals surface area contributed by atoms with E-state index in [4.69, 9.17) is 9.47 Å². The second-order valence-electron chi connectivity index (χ2n) is 8.75. The zero-order valence-corrected chi connectivity index (χ0v) is 18.8. The predicted octanol–water partition coefficient (Wildman–Crippen LogP) is 5.44. The summed E-state index contributed by atoms with van der Waals surface area (Å²) in [5.74, 6) is 0.0766. The lowest BCUT2D eigenvalue weighted by Gasteiger charge is -2.30. The van der Waals surface area contributed by atoms with Crippen molar-refractivity contribution in [2.45, 2.75) is 52.6 Å². The number of hydrogen-bond acceptors (Lipinski definition) is 4. The molecule has 0 radical (unpaired) electrons. The number of carbonyl (C=O) groups excluding carboxylic acids is 2. The van der Waals surface area contributed by atoms with E-state index in [1.54, 1.807) is 41.7 Å². The standard InChI is InChI=1S/C25H33NO4/c1-18(2)23(27)26(24(28)30-25(3,4)5)17-21(15-19-11-8-7-9-12-19)20-13-10-14-22(16-20)29-6/h7-14,16,18,21H,15,17H2,1-6H3/t21-/m1/s1. The molecule has 2 amide bonds. The Morgan fingerprint density at radius 1 is 1.00 bits per heavy atom. The third-order valence-corrected chi connectivity index (χ3v) is 4.67. The Hall–Kier alpha value is -2.82. The molecule has 5 nitrogen and oxygen atoms in total. The summed E-state index contributed by atoms with van der Waals surface area (Å²) in [4.78, 5) is 27.1.